The fourth-order valence-electron chi connectivity index (χ4n) is 7.22. The smallest absolute Gasteiger partial charge is 0.306 e. The van der Waals surface area contributed by atoms with Gasteiger partial charge in [-0.25, -0.2) is 0 Å². The van der Waals surface area contributed by atoms with Crippen LogP contribution in [0.2, 0.25) is 0 Å². The Balaban J connectivity index is -0.000000477. The van der Waals surface area contributed by atoms with Gasteiger partial charge in [0.1, 0.15) is 13.2 Å². The van der Waals surface area contributed by atoms with Crippen LogP contribution in [-0.2, 0) is 28.6 Å². The van der Waals surface area contributed by atoms with Crippen LogP contribution in [0.5, 0.6) is 0 Å². The molecule has 408 valence electrons. The lowest BCUT2D eigenvalue weighted by atomic mass is 10.1. The number of hydrogen-bond acceptors (Lipinski definition) is 6. The first-order valence-corrected chi connectivity index (χ1v) is 29.9. The van der Waals surface area contributed by atoms with Gasteiger partial charge in [-0.05, 0) is 83.5 Å². The topological polar surface area (TPSA) is 78.9 Å². The molecular formula is C63H120O6. The van der Waals surface area contributed by atoms with Gasteiger partial charge in [-0.15, -0.1) is 0 Å². The number of allylic oxidation sites excluding steroid dienone is 8. The summed E-state index contributed by atoms with van der Waals surface area (Å²) in [6.45, 7) is 19.6. The molecule has 0 heterocycles. The first kappa shape index (κ1) is 72.9. The predicted octanol–water partition coefficient (Wildman–Crippen LogP) is 21.0. The molecule has 0 aliphatic carbocycles. The van der Waals surface area contributed by atoms with E-state index in [4.69, 9.17) is 14.2 Å². The minimum absolute atomic E-state index is 0.0703. The van der Waals surface area contributed by atoms with E-state index in [1.807, 2.05) is 0 Å². The maximum Gasteiger partial charge on any atom is 0.306 e. The Kier molecular flexibility index (Phi) is 73.6. The summed E-state index contributed by atoms with van der Waals surface area (Å²) >= 11 is 0. The zero-order valence-electron chi connectivity index (χ0n) is 47.8. The lowest BCUT2D eigenvalue weighted by molar-refractivity contribution is -0.167. The maximum atomic E-state index is 12.2. The van der Waals surface area contributed by atoms with Gasteiger partial charge in [-0.3, -0.25) is 14.4 Å². The molecule has 0 amide bonds. The quantitative estimate of drug-likeness (QED) is 0.0262. The molecule has 0 aromatic carbocycles. The Morgan fingerprint density at radius 3 is 0.928 bits per heavy atom. The van der Waals surface area contributed by atoms with Crippen molar-refractivity contribution in [2.75, 3.05) is 13.2 Å². The van der Waals surface area contributed by atoms with E-state index in [-0.39, 0.29) is 31.1 Å². The predicted molar refractivity (Wildman–Crippen MR) is 304 cm³/mol. The van der Waals surface area contributed by atoms with E-state index in [0.29, 0.717) is 19.3 Å². The fraction of sp³-hybridized carbons (Fsp3) is 0.825. The van der Waals surface area contributed by atoms with Crippen LogP contribution in [0.25, 0.3) is 0 Å². The van der Waals surface area contributed by atoms with Crippen molar-refractivity contribution >= 4 is 17.9 Å². The van der Waals surface area contributed by atoms with Crippen LogP contribution in [0.1, 0.15) is 319 Å². The lowest BCUT2D eigenvalue weighted by Crippen LogP contribution is -2.30. The highest BCUT2D eigenvalue weighted by Gasteiger charge is 2.19. The molecule has 0 unspecified atom stereocenters. The van der Waals surface area contributed by atoms with E-state index < -0.39 is 6.10 Å². The van der Waals surface area contributed by atoms with Crippen LogP contribution in [0, 0.1) is 0 Å². The maximum absolute atomic E-state index is 12.2. The second kappa shape index (κ2) is 69.6. The third kappa shape index (κ3) is 74.5. The van der Waals surface area contributed by atoms with Crippen molar-refractivity contribution in [2.24, 2.45) is 0 Å². The largest absolute Gasteiger partial charge is 0.462 e. The second-order valence-electron chi connectivity index (χ2n) is 18.9. The molecule has 0 saturated carbocycles. The molecule has 0 aromatic heterocycles. The van der Waals surface area contributed by atoms with Crippen LogP contribution in [-0.4, -0.2) is 37.2 Å². The first-order chi connectivity index (χ1) is 33.8. The molecule has 69 heavy (non-hydrogen) atoms. The van der Waals surface area contributed by atoms with Gasteiger partial charge < -0.3 is 14.2 Å². The average molecular weight is 974 g/mol. The number of rotatable bonds is 46. The van der Waals surface area contributed by atoms with Crippen molar-refractivity contribution in [1.82, 2.24) is 0 Å². The second-order valence-corrected chi connectivity index (χ2v) is 18.9. The van der Waals surface area contributed by atoms with Crippen LogP contribution < -0.4 is 0 Å². The summed E-state index contributed by atoms with van der Waals surface area (Å²) < 4.78 is 16.1. The summed E-state index contributed by atoms with van der Waals surface area (Å²) in [7, 11) is 0. The van der Waals surface area contributed by atoms with Gasteiger partial charge in [-0.1, -0.05) is 265 Å². The summed E-state index contributed by atoms with van der Waals surface area (Å²) in [6.07, 6.45) is 63.7. The third-order valence-corrected chi connectivity index (χ3v) is 11.7. The normalized spacial score (nSPS) is 11.2. The van der Waals surface area contributed by atoms with E-state index in [9.17, 15) is 14.4 Å². The van der Waals surface area contributed by atoms with E-state index in [2.05, 4.69) is 111 Å². The molecule has 0 spiro atoms. The van der Waals surface area contributed by atoms with Gasteiger partial charge in [0.25, 0.3) is 0 Å². The van der Waals surface area contributed by atoms with Gasteiger partial charge in [0.05, 0.1) is 0 Å². The SMILES string of the molecule is CCC=CCC=CCCCCC.CCC=CCCCCCCCC.CCC=CCCCCCCCC.CCCCCCCC(=O)OCC(COC(=O)CCCCCCC)OC(=O)CCCCCCC. The van der Waals surface area contributed by atoms with Gasteiger partial charge in [0.15, 0.2) is 6.10 Å². The molecular weight excluding hydrogens is 853 g/mol. The standard InChI is InChI=1S/C27H50O6.2C12H24.C12H22/c1-4-7-10-13-16-19-25(28)31-22-24(33-27(30)21-18-15-12-9-6-3)23-32-26(29)20-17-14-11-8-5-2;3*1-3-5-7-9-11-12-10-8-6-4-2/h24H,4-23H2,1-3H3;2*5,7H,3-4,6,8-12H2,1-2H3;5,7,11-12H,3-4,6,8-10H2,1-2H3. The Hall–Kier alpha value is -2.63. The first-order valence-electron chi connectivity index (χ1n) is 29.9. The molecule has 0 bridgehead atoms. The molecule has 0 rings (SSSR count). The van der Waals surface area contributed by atoms with E-state index in [1.165, 1.54) is 148 Å². The highest BCUT2D eigenvalue weighted by molar-refractivity contribution is 5.71. The zero-order valence-corrected chi connectivity index (χ0v) is 47.8. The lowest BCUT2D eigenvalue weighted by Gasteiger charge is -2.18. The highest BCUT2D eigenvalue weighted by atomic mass is 16.6. The van der Waals surface area contributed by atoms with Crippen LogP contribution in [0.4, 0.5) is 0 Å². The molecule has 6 nitrogen and oxygen atoms in total. The summed E-state index contributed by atoms with van der Waals surface area (Å²) in [6, 6.07) is 0. The van der Waals surface area contributed by atoms with E-state index >= 15 is 0 Å². The van der Waals surface area contributed by atoms with Crippen molar-refractivity contribution < 1.29 is 28.6 Å². The molecule has 0 fully saturated rings. The van der Waals surface area contributed by atoms with Crippen molar-refractivity contribution in [1.29, 1.82) is 0 Å². The molecule has 0 saturated heterocycles. The van der Waals surface area contributed by atoms with E-state index in [0.717, 1.165) is 89.9 Å². The molecule has 0 aliphatic rings. The Bertz CT molecular complexity index is 1050. The third-order valence-electron chi connectivity index (χ3n) is 11.7. The molecule has 0 aliphatic heterocycles. The minimum atomic E-state index is -0.749. The van der Waals surface area contributed by atoms with Crippen molar-refractivity contribution in [3.05, 3.63) is 48.6 Å². The Morgan fingerprint density at radius 2 is 0.565 bits per heavy atom. The Morgan fingerprint density at radius 1 is 0.304 bits per heavy atom. The summed E-state index contributed by atoms with van der Waals surface area (Å²) in [5.74, 6) is -0.925. The molecule has 0 aromatic rings. The molecule has 6 heteroatoms. The van der Waals surface area contributed by atoms with Crippen LogP contribution in [0.15, 0.2) is 48.6 Å². The number of ether oxygens (including phenoxy) is 3. The van der Waals surface area contributed by atoms with Crippen LogP contribution >= 0.6 is 0 Å². The minimum Gasteiger partial charge on any atom is -0.462 e. The van der Waals surface area contributed by atoms with E-state index in [1.54, 1.807) is 0 Å². The Labute approximate surface area is 431 Å². The summed E-state index contributed by atoms with van der Waals surface area (Å²) in [5, 5.41) is 0. The molecule has 0 radical (unpaired) electrons. The number of carbonyl (C=O) groups is 3. The fourth-order valence-corrected chi connectivity index (χ4v) is 7.22. The summed E-state index contributed by atoms with van der Waals surface area (Å²) in [4.78, 5) is 36.3. The highest BCUT2D eigenvalue weighted by Crippen LogP contribution is 2.12. The number of unbranched alkanes of at least 4 members (excludes halogenated alkanes) is 27. The monoisotopic (exact) mass is 973 g/mol. The van der Waals surface area contributed by atoms with Crippen LogP contribution in [0.3, 0.4) is 0 Å². The number of esters is 3. The van der Waals surface area contributed by atoms with Gasteiger partial charge in [-0.2, -0.15) is 0 Å². The molecule has 0 N–H and O–H groups in total. The number of hydrogen-bond donors (Lipinski definition) is 0. The van der Waals surface area contributed by atoms with Gasteiger partial charge in [0, 0.05) is 19.3 Å². The van der Waals surface area contributed by atoms with Gasteiger partial charge in [0.2, 0.25) is 0 Å². The molecule has 0 atom stereocenters. The number of carbonyl (C=O) groups excluding carboxylic acids is 3. The van der Waals surface area contributed by atoms with Gasteiger partial charge >= 0.3 is 17.9 Å². The zero-order chi connectivity index (χ0) is 51.8. The van der Waals surface area contributed by atoms with Crippen molar-refractivity contribution in [3.8, 4) is 0 Å². The average Bonchev–Trinajstić information content (AvgIpc) is 3.35. The summed E-state index contributed by atoms with van der Waals surface area (Å²) in [5.41, 5.74) is 0. The van der Waals surface area contributed by atoms with Crippen molar-refractivity contribution in [2.45, 2.75) is 325 Å². The van der Waals surface area contributed by atoms with Crippen molar-refractivity contribution in [3.63, 3.8) is 0 Å².